The lowest BCUT2D eigenvalue weighted by Crippen LogP contribution is -1.93. The average Bonchev–Trinajstić information content (AvgIpc) is 2.11. The van der Waals surface area contributed by atoms with Crippen LogP contribution in [0.25, 0.3) is 0 Å². The molecule has 0 aromatic carbocycles. The van der Waals surface area contributed by atoms with E-state index in [0.717, 1.165) is 12.3 Å². The van der Waals surface area contributed by atoms with Crippen molar-refractivity contribution >= 4 is 0 Å². The third kappa shape index (κ3) is 5.17. The van der Waals surface area contributed by atoms with Crippen molar-refractivity contribution in [1.29, 1.82) is 0 Å². The van der Waals surface area contributed by atoms with E-state index in [0.29, 0.717) is 5.92 Å². The van der Waals surface area contributed by atoms with Crippen molar-refractivity contribution < 1.29 is 0 Å². The van der Waals surface area contributed by atoms with Gasteiger partial charge in [0.15, 0.2) is 0 Å². The van der Waals surface area contributed by atoms with Gasteiger partial charge in [0.2, 0.25) is 0 Å². The zero-order chi connectivity index (χ0) is 9.40. The van der Waals surface area contributed by atoms with Gasteiger partial charge in [-0.15, -0.1) is 6.58 Å². The molecular weight excluding hydrogens is 144 g/mol. The summed E-state index contributed by atoms with van der Waals surface area (Å²) in [5.74, 6) is 1.43. The molecule has 0 amide bonds. The summed E-state index contributed by atoms with van der Waals surface area (Å²) >= 11 is 0. The Morgan fingerprint density at radius 3 is 2.25 bits per heavy atom. The van der Waals surface area contributed by atoms with E-state index in [1.165, 1.54) is 12.8 Å². The standard InChI is InChI=1S/C12H22/c1-5-8-12(7-3)10-9-11(4)6-2/h5,9-12H,1,6-8H2,2-4H3. The molecule has 0 N–H and O–H groups in total. The first-order chi connectivity index (χ1) is 5.74. The second kappa shape index (κ2) is 7.15. The maximum atomic E-state index is 3.76. The topological polar surface area (TPSA) is 0 Å². The maximum Gasteiger partial charge on any atom is -0.0202 e. The summed E-state index contributed by atoms with van der Waals surface area (Å²) < 4.78 is 0. The van der Waals surface area contributed by atoms with E-state index < -0.39 is 0 Å². The van der Waals surface area contributed by atoms with Crippen LogP contribution >= 0.6 is 0 Å². The summed E-state index contributed by atoms with van der Waals surface area (Å²) in [6.07, 6.45) is 10.3. The van der Waals surface area contributed by atoms with Crippen LogP contribution in [0, 0.1) is 11.8 Å². The zero-order valence-corrected chi connectivity index (χ0v) is 8.72. The molecule has 2 atom stereocenters. The summed E-state index contributed by atoms with van der Waals surface area (Å²) in [7, 11) is 0. The van der Waals surface area contributed by atoms with Crippen LogP contribution in [0.1, 0.15) is 40.0 Å². The molecule has 2 unspecified atom stereocenters. The van der Waals surface area contributed by atoms with Crippen LogP contribution in [-0.4, -0.2) is 0 Å². The summed E-state index contributed by atoms with van der Waals surface area (Å²) in [4.78, 5) is 0. The highest BCUT2D eigenvalue weighted by Gasteiger charge is 1.98. The predicted octanol–water partition coefficient (Wildman–Crippen LogP) is 4.19. The lowest BCUT2D eigenvalue weighted by molar-refractivity contribution is 0.621. The van der Waals surface area contributed by atoms with Crippen molar-refractivity contribution in [2.24, 2.45) is 11.8 Å². The van der Waals surface area contributed by atoms with Crippen molar-refractivity contribution in [2.75, 3.05) is 0 Å². The Labute approximate surface area is 77.4 Å². The van der Waals surface area contributed by atoms with Gasteiger partial charge < -0.3 is 0 Å². The Morgan fingerprint density at radius 2 is 1.83 bits per heavy atom. The SMILES string of the molecule is C=CCC(C=CC(C)CC)CC. The summed E-state index contributed by atoms with van der Waals surface area (Å²) in [6.45, 7) is 10.5. The van der Waals surface area contributed by atoms with Gasteiger partial charge in [0, 0.05) is 0 Å². The zero-order valence-electron chi connectivity index (χ0n) is 8.72. The van der Waals surface area contributed by atoms with Crippen LogP contribution in [0.5, 0.6) is 0 Å². The van der Waals surface area contributed by atoms with Gasteiger partial charge in [-0.3, -0.25) is 0 Å². The number of rotatable bonds is 6. The average molecular weight is 166 g/mol. The van der Waals surface area contributed by atoms with Crippen LogP contribution < -0.4 is 0 Å². The van der Waals surface area contributed by atoms with Crippen molar-refractivity contribution in [3.8, 4) is 0 Å². The molecule has 0 nitrogen and oxygen atoms in total. The minimum atomic E-state index is 0.705. The fourth-order valence-electron chi connectivity index (χ4n) is 1.08. The van der Waals surface area contributed by atoms with Crippen LogP contribution in [-0.2, 0) is 0 Å². The second-order valence-electron chi connectivity index (χ2n) is 3.46. The van der Waals surface area contributed by atoms with Crippen LogP contribution in [0.4, 0.5) is 0 Å². The van der Waals surface area contributed by atoms with E-state index in [4.69, 9.17) is 0 Å². The Hall–Kier alpha value is -0.520. The Bertz CT molecular complexity index is 133. The lowest BCUT2D eigenvalue weighted by Gasteiger charge is -2.07. The fraction of sp³-hybridized carbons (Fsp3) is 0.667. The van der Waals surface area contributed by atoms with Gasteiger partial charge in [0.25, 0.3) is 0 Å². The molecule has 0 saturated heterocycles. The molecule has 0 spiro atoms. The predicted molar refractivity (Wildman–Crippen MR) is 57.2 cm³/mol. The maximum absolute atomic E-state index is 3.76. The molecule has 0 rings (SSSR count). The van der Waals surface area contributed by atoms with E-state index in [1.54, 1.807) is 0 Å². The first-order valence-corrected chi connectivity index (χ1v) is 5.03. The molecule has 0 heterocycles. The van der Waals surface area contributed by atoms with E-state index >= 15 is 0 Å². The van der Waals surface area contributed by atoms with Crippen LogP contribution in [0.3, 0.4) is 0 Å². The molecule has 0 heteroatoms. The van der Waals surface area contributed by atoms with Gasteiger partial charge in [-0.2, -0.15) is 0 Å². The highest BCUT2D eigenvalue weighted by atomic mass is 14.0. The number of allylic oxidation sites excluding steroid dienone is 3. The quantitative estimate of drug-likeness (QED) is 0.519. The monoisotopic (exact) mass is 166 g/mol. The van der Waals surface area contributed by atoms with Crippen LogP contribution in [0.15, 0.2) is 24.8 Å². The molecule has 70 valence electrons. The second-order valence-corrected chi connectivity index (χ2v) is 3.46. The third-order valence-corrected chi connectivity index (χ3v) is 2.35. The highest BCUT2D eigenvalue weighted by molar-refractivity contribution is 4.93. The molecule has 12 heavy (non-hydrogen) atoms. The molecule has 0 fully saturated rings. The largest absolute Gasteiger partial charge is 0.103 e. The van der Waals surface area contributed by atoms with E-state index in [1.807, 2.05) is 6.08 Å². The summed E-state index contributed by atoms with van der Waals surface area (Å²) in [6, 6.07) is 0. The minimum absolute atomic E-state index is 0.705. The van der Waals surface area contributed by atoms with Crippen molar-refractivity contribution in [3.05, 3.63) is 24.8 Å². The lowest BCUT2D eigenvalue weighted by atomic mass is 9.99. The van der Waals surface area contributed by atoms with Crippen molar-refractivity contribution in [2.45, 2.75) is 40.0 Å². The van der Waals surface area contributed by atoms with Gasteiger partial charge >= 0.3 is 0 Å². The molecule has 0 aliphatic heterocycles. The van der Waals surface area contributed by atoms with Crippen molar-refractivity contribution in [1.82, 2.24) is 0 Å². The summed E-state index contributed by atoms with van der Waals surface area (Å²) in [5.41, 5.74) is 0. The fourth-order valence-corrected chi connectivity index (χ4v) is 1.08. The minimum Gasteiger partial charge on any atom is -0.103 e. The molecule has 0 radical (unpaired) electrons. The first kappa shape index (κ1) is 11.5. The van der Waals surface area contributed by atoms with Gasteiger partial charge in [-0.25, -0.2) is 0 Å². The molecular formula is C12H22. The Morgan fingerprint density at radius 1 is 1.17 bits per heavy atom. The van der Waals surface area contributed by atoms with Gasteiger partial charge in [0.05, 0.1) is 0 Å². The molecule has 0 saturated carbocycles. The molecule has 0 aliphatic rings. The number of hydrogen-bond acceptors (Lipinski definition) is 0. The Kier molecular flexibility index (Phi) is 6.84. The van der Waals surface area contributed by atoms with E-state index in [9.17, 15) is 0 Å². The van der Waals surface area contributed by atoms with E-state index in [2.05, 4.69) is 39.5 Å². The molecule has 0 bridgehead atoms. The highest BCUT2D eigenvalue weighted by Crippen LogP contribution is 2.12. The molecule has 0 aliphatic carbocycles. The van der Waals surface area contributed by atoms with Gasteiger partial charge in [0.1, 0.15) is 0 Å². The number of hydrogen-bond donors (Lipinski definition) is 0. The van der Waals surface area contributed by atoms with Crippen molar-refractivity contribution in [3.63, 3.8) is 0 Å². The van der Waals surface area contributed by atoms with E-state index in [-0.39, 0.29) is 0 Å². The Balaban J connectivity index is 3.82. The first-order valence-electron chi connectivity index (χ1n) is 5.03. The molecule has 0 aromatic rings. The molecule has 0 aromatic heterocycles. The van der Waals surface area contributed by atoms with Gasteiger partial charge in [-0.05, 0) is 24.7 Å². The summed E-state index contributed by atoms with van der Waals surface area (Å²) in [5, 5.41) is 0. The van der Waals surface area contributed by atoms with Gasteiger partial charge in [-0.1, -0.05) is 45.4 Å². The smallest absolute Gasteiger partial charge is 0.0202 e. The normalized spacial score (nSPS) is 16.2. The van der Waals surface area contributed by atoms with Crippen LogP contribution in [0.2, 0.25) is 0 Å². The third-order valence-electron chi connectivity index (χ3n) is 2.35.